The molecule has 0 aromatic heterocycles. The van der Waals surface area contributed by atoms with E-state index in [4.69, 9.17) is 14.2 Å². The highest BCUT2D eigenvalue weighted by atomic mass is 16.6. The first kappa shape index (κ1) is 67.1. The highest BCUT2D eigenvalue weighted by Gasteiger charge is 2.19. The smallest absolute Gasteiger partial charge is 0.306 e. The lowest BCUT2D eigenvalue weighted by Gasteiger charge is -2.18. The predicted molar refractivity (Wildman–Crippen MR) is 298 cm³/mol. The molecule has 1 atom stereocenters. The zero-order valence-electron chi connectivity index (χ0n) is 46.9. The minimum absolute atomic E-state index is 0.0696. The summed E-state index contributed by atoms with van der Waals surface area (Å²) in [6.07, 6.45) is 68.8. The number of rotatable bonds is 58. The number of carbonyl (C=O) groups is 3. The molecule has 69 heavy (non-hydrogen) atoms. The van der Waals surface area contributed by atoms with Crippen molar-refractivity contribution in [1.29, 1.82) is 0 Å². The van der Waals surface area contributed by atoms with E-state index in [0.29, 0.717) is 19.3 Å². The van der Waals surface area contributed by atoms with Crippen LogP contribution in [0.1, 0.15) is 355 Å². The monoisotopic (exact) mass is 973 g/mol. The van der Waals surface area contributed by atoms with E-state index in [9.17, 15) is 14.4 Å². The zero-order chi connectivity index (χ0) is 50.0. The number of hydrogen-bond acceptors (Lipinski definition) is 6. The van der Waals surface area contributed by atoms with Gasteiger partial charge in [-0.1, -0.05) is 309 Å². The molecule has 6 heteroatoms. The maximum atomic E-state index is 12.7. The lowest BCUT2D eigenvalue weighted by Crippen LogP contribution is -2.30. The van der Waals surface area contributed by atoms with Crippen LogP contribution in [0.4, 0.5) is 0 Å². The predicted octanol–water partition coefficient (Wildman–Crippen LogP) is 20.9. The quantitative estimate of drug-likeness (QED) is 0.0261. The largest absolute Gasteiger partial charge is 0.462 e. The summed E-state index contributed by atoms with van der Waals surface area (Å²) >= 11 is 0. The van der Waals surface area contributed by atoms with Gasteiger partial charge in [0.15, 0.2) is 6.10 Å². The van der Waals surface area contributed by atoms with Crippen LogP contribution in [-0.4, -0.2) is 37.2 Å². The molecule has 0 heterocycles. The molecule has 0 aromatic carbocycles. The number of hydrogen-bond donors (Lipinski definition) is 0. The number of ether oxygens (including phenoxy) is 3. The minimum atomic E-state index is -0.766. The van der Waals surface area contributed by atoms with Gasteiger partial charge >= 0.3 is 17.9 Å². The number of esters is 3. The number of unbranched alkanes of at least 4 members (excludes halogenated alkanes) is 45. The molecule has 0 aliphatic rings. The van der Waals surface area contributed by atoms with E-state index in [-0.39, 0.29) is 31.1 Å². The van der Waals surface area contributed by atoms with Gasteiger partial charge in [-0.25, -0.2) is 0 Å². The summed E-state index contributed by atoms with van der Waals surface area (Å²) in [5, 5.41) is 0. The molecule has 0 fully saturated rings. The minimum Gasteiger partial charge on any atom is -0.462 e. The van der Waals surface area contributed by atoms with Gasteiger partial charge in [0.1, 0.15) is 13.2 Å². The molecule has 6 nitrogen and oxygen atoms in total. The summed E-state index contributed by atoms with van der Waals surface area (Å²) in [6, 6.07) is 0. The molecule has 0 aromatic rings. The number of allylic oxidation sites excluding steroid dienone is 2. The Morgan fingerprint density at radius 1 is 0.275 bits per heavy atom. The molecule has 408 valence electrons. The molecule has 0 bridgehead atoms. The molecule has 0 saturated heterocycles. The van der Waals surface area contributed by atoms with Crippen LogP contribution >= 0.6 is 0 Å². The van der Waals surface area contributed by atoms with Crippen molar-refractivity contribution in [3.63, 3.8) is 0 Å². The Bertz CT molecular complexity index is 1070. The van der Waals surface area contributed by atoms with Crippen LogP contribution in [0, 0.1) is 0 Å². The summed E-state index contributed by atoms with van der Waals surface area (Å²) in [7, 11) is 0. The Labute approximate surface area is 431 Å². The van der Waals surface area contributed by atoms with Gasteiger partial charge in [-0.2, -0.15) is 0 Å². The topological polar surface area (TPSA) is 78.9 Å². The summed E-state index contributed by atoms with van der Waals surface area (Å²) in [5.74, 6) is -0.877. The second kappa shape index (κ2) is 58.7. The highest BCUT2D eigenvalue weighted by Crippen LogP contribution is 2.18. The first-order chi connectivity index (χ1) is 34.0. The molecular weight excluding hydrogens is 853 g/mol. The summed E-state index contributed by atoms with van der Waals surface area (Å²) in [6.45, 7) is 6.55. The van der Waals surface area contributed by atoms with Crippen molar-refractivity contribution in [2.75, 3.05) is 13.2 Å². The molecule has 0 amide bonds. The van der Waals surface area contributed by atoms with Gasteiger partial charge in [0.25, 0.3) is 0 Å². The van der Waals surface area contributed by atoms with Crippen LogP contribution in [0.5, 0.6) is 0 Å². The fourth-order valence-electron chi connectivity index (χ4n) is 9.55. The van der Waals surface area contributed by atoms with Crippen LogP contribution in [0.2, 0.25) is 0 Å². The Balaban J connectivity index is 3.75. The standard InChI is InChI=1S/C63H120O6/c1-4-7-10-13-15-17-19-20-21-22-23-24-25-26-27-28-29-30-31-32-33-34-35-36-37-38-39-40-41-42-44-45-47-50-53-56-62(65)68-59-60(58-67-61(64)55-52-49-12-9-6-3)69-63(66)57-54-51-48-46-43-18-16-14-11-8-5-2/h14,16,60H,4-13,15,17-59H2,1-3H3/b16-14-. The van der Waals surface area contributed by atoms with Crippen molar-refractivity contribution in [3.8, 4) is 0 Å². The summed E-state index contributed by atoms with van der Waals surface area (Å²) in [4.78, 5) is 37.7. The van der Waals surface area contributed by atoms with Crippen LogP contribution in [0.25, 0.3) is 0 Å². The lowest BCUT2D eigenvalue weighted by molar-refractivity contribution is -0.167. The lowest BCUT2D eigenvalue weighted by atomic mass is 10.0. The molecule has 0 radical (unpaired) electrons. The van der Waals surface area contributed by atoms with Crippen molar-refractivity contribution in [2.24, 2.45) is 0 Å². The average Bonchev–Trinajstić information content (AvgIpc) is 3.35. The van der Waals surface area contributed by atoms with E-state index in [1.165, 1.54) is 244 Å². The fourth-order valence-corrected chi connectivity index (χ4v) is 9.55. The molecule has 0 aliphatic carbocycles. The Morgan fingerprint density at radius 2 is 0.493 bits per heavy atom. The van der Waals surface area contributed by atoms with E-state index in [2.05, 4.69) is 32.9 Å². The van der Waals surface area contributed by atoms with Gasteiger partial charge in [-0.15, -0.1) is 0 Å². The van der Waals surface area contributed by atoms with Crippen LogP contribution in [0.15, 0.2) is 12.2 Å². The van der Waals surface area contributed by atoms with Crippen molar-refractivity contribution in [1.82, 2.24) is 0 Å². The van der Waals surface area contributed by atoms with Gasteiger partial charge < -0.3 is 14.2 Å². The van der Waals surface area contributed by atoms with Crippen LogP contribution < -0.4 is 0 Å². The number of carbonyl (C=O) groups excluding carboxylic acids is 3. The van der Waals surface area contributed by atoms with E-state index in [1.54, 1.807) is 0 Å². The van der Waals surface area contributed by atoms with Crippen molar-refractivity contribution < 1.29 is 28.6 Å². The molecular formula is C63H120O6. The van der Waals surface area contributed by atoms with E-state index in [0.717, 1.165) is 70.6 Å². The normalized spacial score (nSPS) is 12.0. The van der Waals surface area contributed by atoms with Crippen LogP contribution in [-0.2, 0) is 28.6 Å². The Morgan fingerprint density at radius 3 is 0.768 bits per heavy atom. The first-order valence-corrected chi connectivity index (χ1v) is 31.2. The van der Waals surface area contributed by atoms with Crippen molar-refractivity contribution in [3.05, 3.63) is 12.2 Å². The van der Waals surface area contributed by atoms with Gasteiger partial charge in [-0.05, 0) is 38.5 Å². The maximum Gasteiger partial charge on any atom is 0.306 e. The Hall–Kier alpha value is -1.85. The molecule has 1 unspecified atom stereocenters. The van der Waals surface area contributed by atoms with E-state index in [1.807, 2.05) is 0 Å². The maximum absolute atomic E-state index is 12.7. The van der Waals surface area contributed by atoms with Gasteiger partial charge in [0, 0.05) is 19.3 Å². The van der Waals surface area contributed by atoms with Gasteiger partial charge in [0.05, 0.1) is 0 Å². The van der Waals surface area contributed by atoms with E-state index < -0.39 is 6.10 Å². The SMILES string of the molecule is CCCC/C=C\CCCCCCCC(=O)OC(COC(=O)CCCCCCC)COC(=O)CCCCCCCCCCCCCCCCCCCCCCCCCCCCCCCCCCCCC. The van der Waals surface area contributed by atoms with E-state index >= 15 is 0 Å². The third kappa shape index (κ3) is 56.9. The van der Waals surface area contributed by atoms with Crippen LogP contribution in [0.3, 0.4) is 0 Å². The Kier molecular flexibility index (Phi) is 57.1. The van der Waals surface area contributed by atoms with Gasteiger partial charge in [-0.3, -0.25) is 14.4 Å². The molecule has 0 aliphatic heterocycles. The molecule has 0 spiro atoms. The zero-order valence-corrected chi connectivity index (χ0v) is 46.9. The first-order valence-electron chi connectivity index (χ1n) is 31.2. The summed E-state index contributed by atoms with van der Waals surface area (Å²) < 4.78 is 16.7. The molecule has 0 rings (SSSR count). The van der Waals surface area contributed by atoms with Gasteiger partial charge in [0.2, 0.25) is 0 Å². The molecule has 0 saturated carbocycles. The molecule has 0 N–H and O–H groups in total. The van der Waals surface area contributed by atoms with Crippen molar-refractivity contribution in [2.45, 2.75) is 361 Å². The third-order valence-electron chi connectivity index (χ3n) is 14.3. The second-order valence-corrected chi connectivity index (χ2v) is 21.3. The fraction of sp³-hybridized carbons (Fsp3) is 0.921. The average molecular weight is 974 g/mol. The summed E-state index contributed by atoms with van der Waals surface area (Å²) in [5.41, 5.74) is 0. The second-order valence-electron chi connectivity index (χ2n) is 21.3. The highest BCUT2D eigenvalue weighted by molar-refractivity contribution is 5.71. The van der Waals surface area contributed by atoms with Crippen molar-refractivity contribution >= 4 is 17.9 Å². The third-order valence-corrected chi connectivity index (χ3v) is 14.3.